The highest BCUT2D eigenvalue weighted by molar-refractivity contribution is 6.01. The van der Waals surface area contributed by atoms with Gasteiger partial charge in [-0.3, -0.25) is 0 Å². The molecule has 1 heterocycles. The van der Waals surface area contributed by atoms with Gasteiger partial charge < -0.3 is 9.67 Å². The van der Waals surface area contributed by atoms with E-state index in [1.165, 1.54) is 0 Å². The first-order valence-electron chi connectivity index (χ1n) is 5.99. The second kappa shape index (κ2) is 4.12. The summed E-state index contributed by atoms with van der Waals surface area (Å²) in [5.74, 6) is -0.0744. The number of rotatable bonds is 2. The lowest BCUT2D eigenvalue weighted by Gasteiger charge is -2.20. The van der Waals surface area contributed by atoms with Crippen molar-refractivity contribution in [2.24, 2.45) is 5.41 Å². The molecule has 0 fully saturated rings. The SMILES string of the molecule is Cc1nc2c(C(=O)O)cccc2n1CC(C)(C)C. The molecule has 0 spiro atoms. The standard InChI is InChI=1S/C14H18N2O2/c1-9-15-12-10(13(17)18)6-5-7-11(12)16(9)8-14(2,3)4/h5-7H,8H2,1-4H3,(H,17,18). The van der Waals surface area contributed by atoms with E-state index in [-0.39, 0.29) is 11.0 Å². The van der Waals surface area contributed by atoms with Gasteiger partial charge in [-0.1, -0.05) is 26.8 Å². The smallest absolute Gasteiger partial charge is 0.337 e. The molecule has 2 rings (SSSR count). The van der Waals surface area contributed by atoms with Crippen LogP contribution in [-0.2, 0) is 6.54 Å². The molecule has 4 heteroatoms. The number of benzene rings is 1. The van der Waals surface area contributed by atoms with E-state index in [9.17, 15) is 4.79 Å². The maximum Gasteiger partial charge on any atom is 0.337 e. The van der Waals surface area contributed by atoms with Gasteiger partial charge in [0.1, 0.15) is 11.3 Å². The van der Waals surface area contributed by atoms with E-state index in [1.807, 2.05) is 13.0 Å². The summed E-state index contributed by atoms with van der Waals surface area (Å²) in [5, 5.41) is 9.17. The fourth-order valence-electron chi connectivity index (χ4n) is 2.11. The molecule has 0 aliphatic rings. The lowest BCUT2D eigenvalue weighted by molar-refractivity contribution is 0.0699. The average molecular weight is 246 g/mol. The van der Waals surface area contributed by atoms with Gasteiger partial charge in [0.2, 0.25) is 0 Å². The zero-order valence-corrected chi connectivity index (χ0v) is 11.2. The van der Waals surface area contributed by atoms with Crippen LogP contribution in [0.3, 0.4) is 0 Å². The molecule has 0 radical (unpaired) electrons. The van der Waals surface area contributed by atoms with Gasteiger partial charge in [0.05, 0.1) is 11.1 Å². The van der Waals surface area contributed by atoms with Crippen LogP contribution in [0.1, 0.15) is 37.0 Å². The summed E-state index contributed by atoms with van der Waals surface area (Å²) in [4.78, 5) is 15.6. The number of carboxylic acid groups (broad SMARTS) is 1. The van der Waals surface area contributed by atoms with E-state index in [4.69, 9.17) is 5.11 Å². The van der Waals surface area contributed by atoms with Gasteiger partial charge >= 0.3 is 5.97 Å². The van der Waals surface area contributed by atoms with Gasteiger partial charge in [-0.25, -0.2) is 9.78 Å². The van der Waals surface area contributed by atoms with E-state index in [0.29, 0.717) is 5.52 Å². The van der Waals surface area contributed by atoms with Crippen LogP contribution in [0, 0.1) is 12.3 Å². The largest absolute Gasteiger partial charge is 0.478 e. The third kappa shape index (κ3) is 2.23. The molecular formula is C14H18N2O2. The molecule has 0 unspecified atom stereocenters. The zero-order valence-electron chi connectivity index (χ0n) is 11.2. The number of carbonyl (C=O) groups is 1. The van der Waals surface area contributed by atoms with Gasteiger partial charge in [-0.15, -0.1) is 0 Å². The Kier molecular flexibility index (Phi) is 2.89. The number of imidazole rings is 1. The number of fused-ring (bicyclic) bond motifs is 1. The Balaban J connectivity index is 2.66. The van der Waals surface area contributed by atoms with Gasteiger partial charge in [-0.2, -0.15) is 0 Å². The second-order valence-corrected chi connectivity index (χ2v) is 5.78. The minimum atomic E-state index is -0.930. The second-order valence-electron chi connectivity index (χ2n) is 5.78. The molecule has 0 bridgehead atoms. The molecule has 1 aromatic heterocycles. The van der Waals surface area contributed by atoms with Crippen molar-refractivity contribution in [3.8, 4) is 0 Å². The van der Waals surface area contributed by atoms with Gasteiger partial charge in [0, 0.05) is 6.54 Å². The van der Waals surface area contributed by atoms with Crippen molar-refractivity contribution in [2.45, 2.75) is 34.2 Å². The minimum Gasteiger partial charge on any atom is -0.478 e. The third-order valence-corrected chi connectivity index (χ3v) is 2.83. The Morgan fingerprint density at radius 2 is 2.06 bits per heavy atom. The van der Waals surface area contributed by atoms with Crippen LogP contribution in [0.5, 0.6) is 0 Å². The van der Waals surface area contributed by atoms with Crippen LogP contribution in [0.4, 0.5) is 0 Å². The summed E-state index contributed by atoms with van der Waals surface area (Å²) >= 11 is 0. The van der Waals surface area contributed by atoms with Crippen molar-refractivity contribution in [3.63, 3.8) is 0 Å². The average Bonchev–Trinajstić information content (AvgIpc) is 2.53. The molecule has 0 saturated heterocycles. The first-order valence-corrected chi connectivity index (χ1v) is 5.99. The van der Waals surface area contributed by atoms with Crippen molar-refractivity contribution in [1.82, 2.24) is 9.55 Å². The van der Waals surface area contributed by atoms with E-state index >= 15 is 0 Å². The summed E-state index contributed by atoms with van der Waals surface area (Å²) in [6, 6.07) is 5.29. The lowest BCUT2D eigenvalue weighted by atomic mass is 9.96. The highest BCUT2D eigenvalue weighted by Gasteiger charge is 2.18. The van der Waals surface area contributed by atoms with E-state index in [0.717, 1.165) is 17.9 Å². The molecule has 18 heavy (non-hydrogen) atoms. The molecule has 0 aliphatic heterocycles. The predicted octanol–water partition coefficient (Wildman–Crippen LogP) is 3.09. The highest BCUT2D eigenvalue weighted by atomic mass is 16.4. The summed E-state index contributed by atoms with van der Waals surface area (Å²) < 4.78 is 2.09. The summed E-state index contributed by atoms with van der Waals surface area (Å²) in [5.41, 5.74) is 1.86. The number of para-hydroxylation sites is 1. The fourth-order valence-corrected chi connectivity index (χ4v) is 2.11. The number of aromatic carboxylic acids is 1. The zero-order chi connectivity index (χ0) is 13.5. The molecule has 2 aromatic rings. The number of aryl methyl sites for hydroxylation is 1. The molecule has 1 aromatic carbocycles. The number of carboxylic acids is 1. The fraction of sp³-hybridized carbons (Fsp3) is 0.429. The first-order chi connectivity index (χ1) is 8.29. The molecule has 0 amide bonds. The molecule has 1 N–H and O–H groups in total. The Bertz CT molecular complexity index is 606. The number of hydrogen-bond acceptors (Lipinski definition) is 2. The van der Waals surface area contributed by atoms with Gasteiger partial charge in [0.25, 0.3) is 0 Å². The predicted molar refractivity (Wildman–Crippen MR) is 70.9 cm³/mol. The minimum absolute atomic E-state index is 0.123. The topological polar surface area (TPSA) is 55.1 Å². The van der Waals surface area contributed by atoms with E-state index in [1.54, 1.807) is 12.1 Å². The van der Waals surface area contributed by atoms with Crippen LogP contribution in [-0.4, -0.2) is 20.6 Å². The van der Waals surface area contributed by atoms with Crippen LogP contribution in [0.25, 0.3) is 11.0 Å². The first kappa shape index (κ1) is 12.6. The molecule has 96 valence electrons. The maximum absolute atomic E-state index is 11.2. The molecule has 0 aliphatic carbocycles. The van der Waals surface area contributed by atoms with E-state index < -0.39 is 5.97 Å². The van der Waals surface area contributed by atoms with Crippen molar-refractivity contribution in [3.05, 3.63) is 29.6 Å². The Labute approximate surface area is 106 Å². The number of nitrogens with zero attached hydrogens (tertiary/aromatic N) is 2. The quantitative estimate of drug-likeness (QED) is 0.885. The van der Waals surface area contributed by atoms with Gasteiger partial charge in [-0.05, 0) is 24.5 Å². The van der Waals surface area contributed by atoms with Crippen molar-refractivity contribution >= 4 is 17.0 Å². The van der Waals surface area contributed by atoms with Crippen LogP contribution in [0.15, 0.2) is 18.2 Å². The maximum atomic E-state index is 11.2. The van der Waals surface area contributed by atoms with Crippen LogP contribution >= 0.6 is 0 Å². The molecular weight excluding hydrogens is 228 g/mol. The molecule has 0 saturated carbocycles. The number of aromatic nitrogens is 2. The molecule has 0 atom stereocenters. The monoisotopic (exact) mass is 246 g/mol. The third-order valence-electron chi connectivity index (χ3n) is 2.83. The Hall–Kier alpha value is -1.84. The summed E-state index contributed by atoms with van der Waals surface area (Å²) in [7, 11) is 0. The van der Waals surface area contributed by atoms with Crippen LogP contribution in [0.2, 0.25) is 0 Å². The highest BCUT2D eigenvalue weighted by Crippen LogP contribution is 2.24. The number of hydrogen-bond donors (Lipinski definition) is 1. The van der Waals surface area contributed by atoms with Crippen molar-refractivity contribution < 1.29 is 9.90 Å². The van der Waals surface area contributed by atoms with Crippen molar-refractivity contribution in [2.75, 3.05) is 0 Å². The van der Waals surface area contributed by atoms with Crippen molar-refractivity contribution in [1.29, 1.82) is 0 Å². The molecule has 4 nitrogen and oxygen atoms in total. The normalized spacial score (nSPS) is 12.0. The Morgan fingerprint density at radius 3 is 2.61 bits per heavy atom. The summed E-state index contributed by atoms with van der Waals surface area (Å²) in [6.07, 6.45) is 0. The van der Waals surface area contributed by atoms with E-state index in [2.05, 4.69) is 30.3 Å². The summed E-state index contributed by atoms with van der Waals surface area (Å²) in [6.45, 7) is 9.19. The lowest BCUT2D eigenvalue weighted by Crippen LogP contribution is -2.16. The van der Waals surface area contributed by atoms with Crippen LogP contribution < -0.4 is 0 Å². The van der Waals surface area contributed by atoms with Gasteiger partial charge in [0.15, 0.2) is 0 Å². The Morgan fingerprint density at radius 1 is 1.39 bits per heavy atom.